The van der Waals surface area contributed by atoms with E-state index < -0.39 is 0 Å². The van der Waals surface area contributed by atoms with E-state index in [2.05, 4.69) is 23.6 Å². The third-order valence-corrected chi connectivity index (χ3v) is 4.11. The molecule has 0 atom stereocenters. The van der Waals surface area contributed by atoms with Gasteiger partial charge in [-0.25, -0.2) is 0 Å². The van der Waals surface area contributed by atoms with Gasteiger partial charge in [0.15, 0.2) is 0 Å². The molecule has 0 heterocycles. The van der Waals surface area contributed by atoms with Crippen molar-refractivity contribution in [2.75, 3.05) is 23.8 Å². The molecule has 4 nitrogen and oxygen atoms in total. The highest BCUT2D eigenvalue weighted by molar-refractivity contribution is 5.96. The lowest BCUT2D eigenvalue weighted by Gasteiger charge is -2.10. The molecule has 0 radical (unpaired) electrons. The van der Waals surface area contributed by atoms with Crippen molar-refractivity contribution in [3.63, 3.8) is 0 Å². The number of ether oxygens (including phenoxy) is 1. The Kier molecular flexibility index (Phi) is 6.09. The SMILES string of the molecule is CCCCOc1ccc(NCC(=O)Nc2ccc3ccccc3c2)cc1. The Balaban J connectivity index is 1.50. The van der Waals surface area contributed by atoms with Crippen molar-refractivity contribution >= 4 is 28.1 Å². The maximum atomic E-state index is 12.2. The van der Waals surface area contributed by atoms with Crippen LogP contribution in [0, 0.1) is 0 Å². The zero-order valence-electron chi connectivity index (χ0n) is 15.0. The number of hydrogen-bond acceptors (Lipinski definition) is 3. The van der Waals surface area contributed by atoms with E-state index in [9.17, 15) is 4.79 Å². The topological polar surface area (TPSA) is 50.4 Å². The fourth-order valence-corrected chi connectivity index (χ4v) is 2.66. The summed E-state index contributed by atoms with van der Waals surface area (Å²) in [5.41, 5.74) is 1.69. The normalized spacial score (nSPS) is 10.5. The van der Waals surface area contributed by atoms with Gasteiger partial charge in [0.2, 0.25) is 5.91 Å². The molecule has 0 aromatic heterocycles. The zero-order valence-corrected chi connectivity index (χ0v) is 15.0. The summed E-state index contributed by atoms with van der Waals surface area (Å²) in [4.78, 5) is 12.2. The average molecular weight is 348 g/mol. The van der Waals surface area contributed by atoms with Gasteiger partial charge in [0.05, 0.1) is 13.2 Å². The van der Waals surface area contributed by atoms with Crippen molar-refractivity contribution in [2.24, 2.45) is 0 Å². The molecule has 0 bridgehead atoms. The third kappa shape index (κ3) is 4.99. The lowest BCUT2D eigenvalue weighted by molar-refractivity contribution is -0.114. The van der Waals surface area contributed by atoms with Crippen LogP contribution in [0.3, 0.4) is 0 Å². The second kappa shape index (κ2) is 8.90. The number of anilines is 2. The quantitative estimate of drug-likeness (QED) is 0.559. The molecule has 0 saturated heterocycles. The van der Waals surface area contributed by atoms with E-state index >= 15 is 0 Å². The van der Waals surface area contributed by atoms with Gasteiger partial charge < -0.3 is 15.4 Å². The van der Waals surface area contributed by atoms with Crippen LogP contribution in [0.25, 0.3) is 10.8 Å². The summed E-state index contributed by atoms with van der Waals surface area (Å²) < 4.78 is 5.63. The van der Waals surface area contributed by atoms with Gasteiger partial charge in [-0.3, -0.25) is 4.79 Å². The van der Waals surface area contributed by atoms with Gasteiger partial charge >= 0.3 is 0 Å². The fourth-order valence-electron chi connectivity index (χ4n) is 2.66. The number of fused-ring (bicyclic) bond motifs is 1. The van der Waals surface area contributed by atoms with Gasteiger partial charge in [0.1, 0.15) is 5.75 Å². The lowest BCUT2D eigenvalue weighted by atomic mass is 10.1. The molecule has 3 aromatic rings. The summed E-state index contributed by atoms with van der Waals surface area (Å²) >= 11 is 0. The predicted molar refractivity (Wildman–Crippen MR) is 108 cm³/mol. The molecule has 2 N–H and O–H groups in total. The maximum absolute atomic E-state index is 12.2. The first-order chi connectivity index (χ1) is 12.7. The molecule has 0 spiro atoms. The number of unbranched alkanes of at least 4 members (excludes halogenated alkanes) is 1. The van der Waals surface area contributed by atoms with Crippen molar-refractivity contribution < 1.29 is 9.53 Å². The second-order valence-electron chi connectivity index (χ2n) is 6.19. The van der Waals surface area contributed by atoms with Gasteiger partial charge in [0, 0.05) is 11.4 Å². The molecule has 0 fully saturated rings. The summed E-state index contributed by atoms with van der Waals surface area (Å²) in [6.07, 6.45) is 2.17. The van der Waals surface area contributed by atoms with Crippen LogP contribution in [-0.4, -0.2) is 19.1 Å². The fraction of sp³-hybridized carbons (Fsp3) is 0.227. The minimum atomic E-state index is -0.0800. The summed E-state index contributed by atoms with van der Waals surface area (Å²) in [7, 11) is 0. The molecule has 3 rings (SSSR count). The van der Waals surface area contributed by atoms with E-state index in [1.807, 2.05) is 60.7 Å². The smallest absolute Gasteiger partial charge is 0.243 e. The minimum Gasteiger partial charge on any atom is -0.494 e. The predicted octanol–water partition coefficient (Wildman–Crippen LogP) is 5.07. The Labute approximate surface area is 154 Å². The molecule has 4 heteroatoms. The molecule has 26 heavy (non-hydrogen) atoms. The molecule has 0 aliphatic rings. The molecule has 1 amide bonds. The van der Waals surface area contributed by atoms with Crippen molar-refractivity contribution in [3.05, 3.63) is 66.7 Å². The van der Waals surface area contributed by atoms with Crippen LogP contribution in [0.5, 0.6) is 5.75 Å². The number of rotatable bonds is 8. The standard InChI is InChI=1S/C22H24N2O2/c1-2-3-14-26-21-12-10-19(11-13-21)23-16-22(25)24-20-9-8-17-6-4-5-7-18(17)15-20/h4-13,15,23H,2-3,14,16H2,1H3,(H,24,25). The molecule has 0 saturated carbocycles. The molecule has 0 unspecified atom stereocenters. The van der Waals surface area contributed by atoms with Crippen LogP contribution in [-0.2, 0) is 4.79 Å². The number of hydrogen-bond donors (Lipinski definition) is 2. The van der Waals surface area contributed by atoms with Crippen LogP contribution in [0.1, 0.15) is 19.8 Å². The van der Waals surface area contributed by atoms with Gasteiger partial charge in [-0.05, 0) is 53.6 Å². The largest absolute Gasteiger partial charge is 0.494 e. The molecule has 0 aliphatic heterocycles. The van der Waals surface area contributed by atoms with E-state index in [0.717, 1.165) is 47.3 Å². The van der Waals surface area contributed by atoms with Gasteiger partial charge in [-0.15, -0.1) is 0 Å². The Morgan fingerprint density at radius 1 is 0.923 bits per heavy atom. The van der Waals surface area contributed by atoms with Gasteiger partial charge in [-0.1, -0.05) is 43.7 Å². The van der Waals surface area contributed by atoms with E-state index in [1.54, 1.807) is 0 Å². The van der Waals surface area contributed by atoms with Crippen LogP contribution in [0.15, 0.2) is 66.7 Å². The average Bonchev–Trinajstić information content (AvgIpc) is 2.67. The van der Waals surface area contributed by atoms with Crippen molar-refractivity contribution in [1.29, 1.82) is 0 Å². The maximum Gasteiger partial charge on any atom is 0.243 e. The number of amides is 1. The first-order valence-electron chi connectivity index (χ1n) is 9.00. The lowest BCUT2D eigenvalue weighted by Crippen LogP contribution is -2.21. The Hall–Kier alpha value is -3.01. The molecule has 0 aliphatic carbocycles. The van der Waals surface area contributed by atoms with E-state index in [4.69, 9.17) is 4.74 Å². The van der Waals surface area contributed by atoms with Crippen molar-refractivity contribution in [3.8, 4) is 5.75 Å². The second-order valence-corrected chi connectivity index (χ2v) is 6.19. The summed E-state index contributed by atoms with van der Waals surface area (Å²) in [5, 5.41) is 8.32. The van der Waals surface area contributed by atoms with E-state index in [0.29, 0.717) is 0 Å². The number of carbonyl (C=O) groups excluding carboxylic acids is 1. The number of nitrogens with one attached hydrogen (secondary N) is 2. The zero-order chi connectivity index (χ0) is 18.2. The van der Waals surface area contributed by atoms with Crippen LogP contribution in [0.4, 0.5) is 11.4 Å². The van der Waals surface area contributed by atoms with Gasteiger partial charge in [0.25, 0.3) is 0 Å². The molecule has 134 valence electrons. The molecular weight excluding hydrogens is 324 g/mol. The highest BCUT2D eigenvalue weighted by Crippen LogP contribution is 2.19. The van der Waals surface area contributed by atoms with Crippen molar-refractivity contribution in [2.45, 2.75) is 19.8 Å². The van der Waals surface area contributed by atoms with Crippen LogP contribution in [0.2, 0.25) is 0 Å². The highest BCUT2D eigenvalue weighted by atomic mass is 16.5. The first kappa shape index (κ1) is 17.8. The summed E-state index contributed by atoms with van der Waals surface area (Å²) in [5.74, 6) is 0.771. The number of benzene rings is 3. The van der Waals surface area contributed by atoms with Crippen molar-refractivity contribution in [1.82, 2.24) is 0 Å². The highest BCUT2D eigenvalue weighted by Gasteiger charge is 2.03. The summed E-state index contributed by atoms with van der Waals surface area (Å²) in [6.45, 7) is 3.08. The minimum absolute atomic E-state index is 0.0800. The monoisotopic (exact) mass is 348 g/mol. The van der Waals surface area contributed by atoms with Gasteiger partial charge in [-0.2, -0.15) is 0 Å². The summed E-state index contributed by atoms with van der Waals surface area (Å²) in [6, 6.07) is 21.7. The van der Waals surface area contributed by atoms with E-state index in [1.165, 1.54) is 0 Å². The Bertz CT molecular complexity index is 859. The third-order valence-electron chi connectivity index (χ3n) is 4.11. The molecular formula is C22H24N2O2. The van der Waals surface area contributed by atoms with Crippen LogP contribution >= 0.6 is 0 Å². The Morgan fingerprint density at radius 2 is 1.65 bits per heavy atom. The molecule has 3 aromatic carbocycles. The van der Waals surface area contributed by atoms with Crippen LogP contribution < -0.4 is 15.4 Å². The first-order valence-corrected chi connectivity index (χ1v) is 9.00. The number of carbonyl (C=O) groups is 1. The van der Waals surface area contributed by atoms with E-state index in [-0.39, 0.29) is 12.5 Å². The Morgan fingerprint density at radius 3 is 2.42 bits per heavy atom.